The van der Waals surface area contributed by atoms with Gasteiger partial charge in [0.25, 0.3) is 11.6 Å². The number of halogens is 1. The Morgan fingerprint density at radius 1 is 1.23 bits per heavy atom. The summed E-state index contributed by atoms with van der Waals surface area (Å²) >= 11 is 0. The quantitative estimate of drug-likeness (QED) is 0.424. The molecule has 1 amide bonds. The third-order valence-electron chi connectivity index (χ3n) is 3.46. The molecule has 0 aromatic heterocycles. The molecule has 0 unspecified atom stereocenters. The van der Waals surface area contributed by atoms with Gasteiger partial charge in [-0.3, -0.25) is 14.9 Å². The molecule has 0 saturated heterocycles. The maximum Gasteiger partial charge on any atom is 0.270 e. The number of nitrogens with zero attached hydrogens (tertiary/aromatic N) is 1. The SMILES string of the molecule is CNc1ccc([N+](=O)[O-])cc1C(=O)Nc1ccc(OCCOC)c(F)c1. The van der Waals surface area contributed by atoms with Crippen LogP contribution in [0.5, 0.6) is 5.75 Å². The Labute approximate surface area is 149 Å². The Balaban J connectivity index is 2.18. The van der Waals surface area contributed by atoms with E-state index in [1.165, 1.54) is 31.4 Å². The predicted octanol–water partition coefficient (Wildman–Crippen LogP) is 3.05. The first-order valence-electron chi connectivity index (χ1n) is 7.65. The smallest absolute Gasteiger partial charge is 0.270 e. The third-order valence-corrected chi connectivity index (χ3v) is 3.46. The number of carbonyl (C=O) groups excluding carboxylic acids is 1. The summed E-state index contributed by atoms with van der Waals surface area (Å²) in [7, 11) is 3.09. The van der Waals surface area contributed by atoms with Crippen LogP contribution in [-0.2, 0) is 4.74 Å². The maximum atomic E-state index is 14.0. The van der Waals surface area contributed by atoms with Crippen molar-refractivity contribution in [2.24, 2.45) is 0 Å². The molecule has 0 saturated carbocycles. The van der Waals surface area contributed by atoms with Gasteiger partial charge in [0.1, 0.15) is 6.61 Å². The van der Waals surface area contributed by atoms with Gasteiger partial charge in [-0.1, -0.05) is 0 Å². The molecule has 0 aliphatic heterocycles. The lowest BCUT2D eigenvalue weighted by atomic mass is 10.1. The van der Waals surface area contributed by atoms with Crippen molar-refractivity contribution in [3.05, 3.63) is 57.9 Å². The fraction of sp³-hybridized carbons (Fsp3) is 0.235. The van der Waals surface area contributed by atoms with Crippen molar-refractivity contribution in [3.63, 3.8) is 0 Å². The van der Waals surface area contributed by atoms with Crippen LogP contribution in [-0.4, -0.2) is 38.2 Å². The van der Waals surface area contributed by atoms with Crippen LogP contribution in [0.25, 0.3) is 0 Å². The molecule has 0 aliphatic carbocycles. The molecule has 9 heteroatoms. The average molecular weight is 363 g/mol. The number of non-ortho nitro benzene ring substituents is 1. The molecule has 0 atom stereocenters. The lowest BCUT2D eigenvalue weighted by Gasteiger charge is -2.11. The van der Waals surface area contributed by atoms with Crippen LogP contribution >= 0.6 is 0 Å². The summed E-state index contributed by atoms with van der Waals surface area (Å²) in [6.45, 7) is 0.510. The Morgan fingerprint density at radius 3 is 2.62 bits per heavy atom. The number of nitrogens with one attached hydrogen (secondary N) is 2. The van der Waals surface area contributed by atoms with Gasteiger partial charge in [-0.05, 0) is 18.2 Å². The van der Waals surface area contributed by atoms with Crippen LogP contribution in [0, 0.1) is 15.9 Å². The van der Waals surface area contributed by atoms with Crippen LogP contribution < -0.4 is 15.4 Å². The zero-order valence-electron chi connectivity index (χ0n) is 14.2. The van der Waals surface area contributed by atoms with Crippen LogP contribution in [0.3, 0.4) is 0 Å². The normalized spacial score (nSPS) is 10.3. The van der Waals surface area contributed by atoms with Crippen LogP contribution in [0.15, 0.2) is 36.4 Å². The molecule has 2 N–H and O–H groups in total. The first-order valence-corrected chi connectivity index (χ1v) is 7.65. The van der Waals surface area contributed by atoms with Gasteiger partial charge in [-0.2, -0.15) is 0 Å². The highest BCUT2D eigenvalue weighted by molar-refractivity contribution is 6.08. The lowest BCUT2D eigenvalue weighted by molar-refractivity contribution is -0.384. The Bertz CT molecular complexity index is 813. The van der Waals surface area contributed by atoms with Crippen molar-refractivity contribution in [3.8, 4) is 5.75 Å². The van der Waals surface area contributed by atoms with Gasteiger partial charge in [0.15, 0.2) is 11.6 Å². The van der Waals surface area contributed by atoms with Gasteiger partial charge < -0.3 is 20.1 Å². The molecular formula is C17H18FN3O5. The van der Waals surface area contributed by atoms with E-state index in [1.54, 1.807) is 7.05 Å². The summed E-state index contributed by atoms with van der Waals surface area (Å²) in [4.78, 5) is 22.7. The molecule has 8 nitrogen and oxygen atoms in total. The molecule has 0 spiro atoms. The zero-order chi connectivity index (χ0) is 19.1. The number of nitro benzene ring substituents is 1. The highest BCUT2D eigenvalue weighted by Gasteiger charge is 2.17. The van der Waals surface area contributed by atoms with Gasteiger partial charge in [-0.15, -0.1) is 0 Å². The van der Waals surface area contributed by atoms with Gasteiger partial charge in [0.2, 0.25) is 0 Å². The second-order valence-electron chi connectivity index (χ2n) is 5.18. The van der Waals surface area contributed by atoms with Crippen LogP contribution in [0.1, 0.15) is 10.4 Å². The second kappa shape index (κ2) is 8.77. The topological polar surface area (TPSA) is 103 Å². The highest BCUT2D eigenvalue weighted by Crippen LogP contribution is 2.25. The Morgan fingerprint density at radius 2 is 2.00 bits per heavy atom. The first kappa shape index (κ1) is 19.1. The van der Waals surface area contributed by atoms with E-state index in [0.717, 1.165) is 12.1 Å². The number of carbonyl (C=O) groups is 1. The van der Waals surface area contributed by atoms with E-state index in [1.807, 2.05) is 0 Å². The number of benzene rings is 2. The fourth-order valence-electron chi connectivity index (χ4n) is 2.18. The van der Waals surface area contributed by atoms with E-state index in [0.29, 0.717) is 12.3 Å². The third kappa shape index (κ3) is 4.67. The van der Waals surface area contributed by atoms with Crippen LogP contribution in [0.4, 0.5) is 21.5 Å². The molecule has 138 valence electrons. The van der Waals surface area contributed by atoms with E-state index in [2.05, 4.69) is 10.6 Å². The van der Waals surface area contributed by atoms with Crippen molar-refractivity contribution >= 4 is 23.0 Å². The molecule has 2 aromatic carbocycles. The molecule has 26 heavy (non-hydrogen) atoms. The van der Waals surface area contributed by atoms with E-state index >= 15 is 0 Å². The van der Waals surface area contributed by atoms with E-state index in [9.17, 15) is 19.3 Å². The zero-order valence-corrected chi connectivity index (χ0v) is 14.2. The minimum absolute atomic E-state index is 0.0336. The number of nitro groups is 1. The largest absolute Gasteiger partial charge is 0.488 e. The second-order valence-corrected chi connectivity index (χ2v) is 5.18. The van der Waals surface area contributed by atoms with Crippen molar-refractivity contribution in [1.82, 2.24) is 0 Å². The van der Waals surface area contributed by atoms with Crippen molar-refractivity contribution in [2.45, 2.75) is 0 Å². The molecule has 0 radical (unpaired) electrons. The lowest BCUT2D eigenvalue weighted by Crippen LogP contribution is -2.14. The van der Waals surface area contributed by atoms with Crippen molar-refractivity contribution in [1.29, 1.82) is 0 Å². The molecular weight excluding hydrogens is 345 g/mol. The Hall–Kier alpha value is -3.20. The van der Waals surface area contributed by atoms with Crippen LogP contribution in [0.2, 0.25) is 0 Å². The summed E-state index contributed by atoms with van der Waals surface area (Å²) in [5.41, 5.74) is 0.456. The van der Waals surface area contributed by atoms with Crippen molar-refractivity contribution in [2.75, 3.05) is 38.0 Å². The number of ether oxygens (including phenoxy) is 2. The van der Waals surface area contributed by atoms with Gasteiger partial charge in [0, 0.05) is 43.7 Å². The minimum Gasteiger partial charge on any atom is -0.488 e. The number of hydrogen-bond donors (Lipinski definition) is 2. The first-order chi connectivity index (χ1) is 12.5. The minimum atomic E-state index is -0.646. The predicted molar refractivity (Wildman–Crippen MR) is 94.4 cm³/mol. The highest BCUT2D eigenvalue weighted by atomic mass is 19.1. The summed E-state index contributed by atoms with van der Waals surface area (Å²) in [6, 6.07) is 7.83. The monoisotopic (exact) mass is 363 g/mol. The molecule has 0 heterocycles. The molecule has 0 fully saturated rings. The number of hydrogen-bond acceptors (Lipinski definition) is 6. The number of rotatable bonds is 8. The van der Waals surface area contributed by atoms with E-state index in [4.69, 9.17) is 9.47 Å². The average Bonchev–Trinajstić information content (AvgIpc) is 2.63. The number of anilines is 2. The Kier molecular flexibility index (Phi) is 6.45. The summed E-state index contributed by atoms with van der Waals surface area (Å²) < 4.78 is 24.0. The summed E-state index contributed by atoms with van der Waals surface area (Å²) in [6.07, 6.45) is 0. The fourth-order valence-corrected chi connectivity index (χ4v) is 2.18. The molecule has 2 aromatic rings. The molecule has 0 aliphatic rings. The number of amides is 1. The maximum absolute atomic E-state index is 14.0. The standard InChI is InChI=1S/C17H18FN3O5/c1-19-15-5-4-12(21(23)24)10-13(15)17(22)20-11-3-6-16(14(18)9-11)26-8-7-25-2/h3-6,9-10,19H,7-8H2,1-2H3,(H,20,22). The molecule has 0 bridgehead atoms. The number of methoxy groups -OCH3 is 1. The van der Waals surface area contributed by atoms with E-state index in [-0.39, 0.29) is 29.3 Å². The van der Waals surface area contributed by atoms with Gasteiger partial charge >= 0.3 is 0 Å². The van der Waals surface area contributed by atoms with Gasteiger partial charge in [0.05, 0.1) is 17.1 Å². The molecule has 2 rings (SSSR count). The van der Waals surface area contributed by atoms with E-state index < -0.39 is 16.6 Å². The summed E-state index contributed by atoms with van der Waals surface area (Å²) in [5.74, 6) is -1.22. The van der Waals surface area contributed by atoms with Gasteiger partial charge in [-0.25, -0.2) is 4.39 Å². The summed E-state index contributed by atoms with van der Waals surface area (Å²) in [5, 5.41) is 16.2. The van der Waals surface area contributed by atoms with Crippen molar-refractivity contribution < 1.29 is 23.6 Å².